The number of aliphatic hydroxyl groups is 1. The number of benzene rings is 1. The molecule has 0 amide bonds. The maximum absolute atomic E-state index is 11.3. The Bertz CT molecular complexity index is 435. The number of likely N-dealkylation sites (tertiary alicyclic amines) is 1. The summed E-state index contributed by atoms with van der Waals surface area (Å²) in [6.07, 6.45) is 1.19. The first-order valence-electron chi connectivity index (χ1n) is 6.91. The van der Waals surface area contributed by atoms with Crippen molar-refractivity contribution in [3.05, 3.63) is 29.5 Å². The molecule has 0 aliphatic carbocycles. The Labute approximate surface area is 113 Å². The summed E-state index contributed by atoms with van der Waals surface area (Å²) in [4.78, 5) is 4.81. The largest absolute Gasteiger partial charge is 0.629 e. The number of fused-ring (bicyclic) bond motifs is 2. The average molecular weight is 263 g/mol. The van der Waals surface area contributed by atoms with Gasteiger partial charge < -0.3 is 20.3 Å². The van der Waals surface area contributed by atoms with Crippen LogP contribution >= 0.6 is 0 Å². The van der Waals surface area contributed by atoms with Crippen molar-refractivity contribution < 1.29 is 10.2 Å². The molecule has 2 heterocycles. The van der Waals surface area contributed by atoms with Crippen LogP contribution in [0.4, 0.5) is 11.4 Å². The molecule has 1 aromatic carbocycles. The first-order valence-corrected chi connectivity index (χ1v) is 6.91. The van der Waals surface area contributed by atoms with Gasteiger partial charge in [0, 0.05) is 49.5 Å². The van der Waals surface area contributed by atoms with Gasteiger partial charge in [-0.2, -0.15) is 0 Å². The zero-order valence-electron chi connectivity index (χ0n) is 11.2. The molecule has 5 heteroatoms. The molecule has 3 atom stereocenters. The molecule has 2 bridgehead atoms. The molecule has 2 N–H and O–H groups in total. The molecule has 2 saturated heterocycles. The Morgan fingerprint density at radius 2 is 2.00 bits per heavy atom. The standard InChI is InChI=1S/C14H21N3O2/c1-15(19)11-2-4-12(5-3-11)17-10-13-8-14(17)9-16(13)6-7-18/h2-5,13-15,18H,6-10H2,1H3. The third-order valence-electron chi connectivity index (χ3n) is 4.35. The summed E-state index contributed by atoms with van der Waals surface area (Å²) < 4.78 is 0. The van der Waals surface area contributed by atoms with Crippen LogP contribution in [-0.4, -0.2) is 55.4 Å². The minimum absolute atomic E-state index is 0.114. The SMILES string of the molecule is C[NH+]([O-])c1ccc(N2CC3CC2CN3CCO)cc1. The number of hydrogen-bond acceptors (Lipinski definition) is 4. The molecule has 0 spiro atoms. The monoisotopic (exact) mass is 263 g/mol. The molecule has 3 rings (SSSR count). The summed E-state index contributed by atoms with van der Waals surface area (Å²) in [6.45, 7) is 3.11. The summed E-state index contributed by atoms with van der Waals surface area (Å²) in [7, 11) is 1.60. The van der Waals surface area contributed by atoms with Crippen molar-refractivity contribution in [3.8, 4) is 0 Å². The fourth-order valence-electron chi connectivity index (χ4n) is 3.36. The number of aliphatic hydroxyl groups excluding tert-OH is 1. The molecule has 2 aliphatic heterocycles. The number of hydrogen-bond donors (Lipinski definition) is 2. The second kappa shape index (κ2) is 5.09. The summed E-state index contributed by atoms with van der Waals surface area (Å²) in [6, 6.07) is 9.05. The summed E-state index contributed by atoms with van der Waals surface area (Å²) in [5.41, 5.74) is 1.98. The maximum Gasteiger partial charge on any atom is 0.131 e. The molecule has 104 valence electrons. The Kier molecular flexibility index (Phi) is 3.45. The molecule has 2 fully saturated rings. The maximum atomic E-state index is 11.3. The zero-order chi connectivity index (χ0) is 13.4. The zero-order valence-corrected chi connectivity index (χ0v) is 11.2. The molecule has 3 unspecified atom stereocenters. The van der Waals surface area contributed by atoms with Gasteiger partial charge >= 0.3 is 0 Å². The minimum Gasteiger partial charge on any atom is -0.629 e. The van der Waals surface area contributed by atoms with E-state index in [1.165, 1.54) is 12.1 Å². The van der Waals surface area contributed by atoms with Gasteiger partial charge in [-0.1, -0.05) is 0 Å². The second-order valence-corrected chi connectivity index (χ2v) is 5.52. The highest BCUT2D eigenvalue weighted by Gasteiger charge is 2.42. The van der Waals surface area contributed by atoms with Gasteiger partial charge in [0.05, 0.1) is 13.7 Å². The van der Waals surface area contributed by atoms with Crippen molar-refractivity contribution >= 4 is 11.4 Å². The smallest absolute Gasteiger partial charge is 0.131 e. The lowest BCUT2D eigenvalue weighted by atomic mass is 10.2. The third kappa shape index (κ3) is 2.34. The fourth-order valence-corrected chi connectivity index (χ4v) is 3.36. The number of rotatable bonds is 4. The van der Waals surface area contributed by atoms with Gasteiger partial charge in [-0.15, -0.1) is 0 Å². The van der Waals surface area contributed by atoms with Crippen molar-refractivity contribution in [1.29, 1.82) is 0 Å². The van der Waals surface area contributed by atoms with E-state index in [1.54, 1.807) is 7.05 Å². The van der Waals surface area contributed by atoms with Gasteiger partial charge in [0.1, 0.15) is 5.69 Å². The summed E-state index contributed by atoms with van der Waals surface area (Å²) in [5, 5.41) is 20.4. The summed E-state index contributed by atoms with van der Waals surface area (Å²) in [5.74, 6) is 0. The van der Waals surface area contributed by atoms with Crippen molar-refractivity contribution in [3.63, 3.8) is 0 Å². The lowest BCUT2D eigenvalue weighted by Crippen LogP contribution is -2.98. The van der Waals surface area contributed by atoms with Gasteiger partial charge in [-0.3, -0.25) is 4.90 Å². The van der Waals surface area contributed by atoms with E-state index in [-0.39, 0.29) is 11.7 Å². The molecule has 0 saturated carbocycles. The van der Waals surface area contributed by atoms with Crippen LogP contribution in [0.1, 0.15) is 6.42 Å². The second-order valence-electron chi connectivity index (χ2n) is 5.52. The number of piperazine rings is 1. The lowest BCUT2D eigenvalue weighted by molar-refractivity contribution is -0.751. The molecule has 2 aliphatic rings. The molecule has 19 heavy (non-hydrogen) atoms. The third-order valence-corrected chi connectivity index (χ3v) is 4.35. The Balaban J connectivity index is 1.69. The average Bonchev–Trinajstić information content (AvgIpc) is 2.99. The topological polar surface area (TPSA) is 54.2 Å². The molecule has 5 nitrogen and oxygen atoms in total. The predicted molar refractivity (Wildman–Crippen MR) is 74.6 cm³/mol. The van der Waals surface area contributed by atoms with Crippen LogP contribution in [0.3, 0.4) is 0 Å². The van der Waals surface area contributed by atoms with E-state index < -0.39 is 0 Å². The molecule has 0 aromatic heterocycles. The summed E-state index contributed by atoms with van der Waals surface area (Å²) >= 11 is 0. The number of anilines is 1. The van der Waals surface area contributed by atoms with Gasteiger partial charge in [-0.25, -0.2) is 0 Å². The van der Waals surface area contributed by atoms with Gasteiger partial charge in [0.25, 0.3) is 0 Å². The Morgan fingerprint density at radius 3 is 2.53 bits per heavy atom. The predicted octanol–water partition coefficient (Wildman–Crippen LogP) is -0.414. The van der Waals surface area contributed by atoms with Crippen molar-refractivity contribution in [2.75, 3.05) is 38.2 Å². The van der Waals surface area contributed by atoms with E-state index in [2.05, 4.69) is 9.80 Å². The van der Waals surface area contributed by atoms with Crippen LogP contribution in [0.2, 0.25) is 0 Å². The van der Waals surface area contributed by atoms with E-state index in [0.29, 0.717) is 12.1 Å². The first kappa shape index (κ1) is 12.9. The number of hydroxylamine groups is 1. The van der Waals surface area contributed by atoms with Crippen molar-refractivity contribution in [2.24, 2.45) is 0 Å². The fraction of sp³-hybridized carbons (Fsp3) is 0.571. The van der Waals surface area contributed by atoms with Gasteiger partial charge in [0.2, 0.25) is 0 Å². The Morgan fingerprint density at radius 1 is 1.26 bits per heavy atom. The highest BCUT2D eigenvalue weighted by Crippen LogP contribution is 2.34. The lowest BCUT2D eigenvalue weighted by Gasteiger charge is -2.35. The van der Waals surface area contributed by atoms with Crippen LogP contribution in [-0.2, 0) is 0 Å². The minimum atomic E-state index is 0.114. The number of nitrogens with zero attached hydrogens (tertiary/aromatic N) is 2. The van der Waals surface area contributed by atoms with Crippen LogP contribution in [0, 0.1) is 5.21 Å². The van der Waals surface area contributed by atoms with E-state index in [1.807, 2.05) is 24.3 Å². The van der Waals surface area contributed by atoms with Crippen LogP contribution in [0.15, 0.2) is 24.3 Å². The van der Waals surface area contributed by atoms with E-state index >= 15 is 0 Å². The van der Waals surface area contributed by atoms with Crippen molar-refractivity contribution in [1.82, 2.24) is 4.90 Å². The van der Waals surface area contributed by atoms with Crippen LogP contribution in [0.5, 0.6) is 0 Å². The quantitative estimate of drug-likeness (QED) is 0.725. The van der Waals surface area contributed by atoms with Crippen molar-refractivity contribution in [2.45, 2.75) is 18.5 Å². The number of quaternary nitrogens is 1. The van der Waals surface area contributed by atoms with E-state index in [9.17, 15) is 5.21 Å². The first-order chi connectivity index (χ1) is 9.19. The molecular weight excluding hydrogens is 242 g/mol. The normalized spacial score (nSPS) is 28.1. The highest BCUT2D eigenvalue weighted by atomic mass is 16.5. The van der Waals surface area contributed by atoms with E-state index in [0.717, 1.165) is 25.3 Å². The molecular formula is C14H21N3O2. The number of β-amino-alcohol motifs (C(OH)–C–C–N with tert-alkyl or cyclic N) is 1. The molecule has 0 radical (unpaired) electrons. The number of nitrogens with one attached hydrogen (secondary N) is 1. The highest BCUT2D eigenvalue weighted by molar-refractivity contribution is 5.53. The van der Waals surface area contributed by atoms with Crippen LogP contribution in [0.25, 0.3) is 0 Å². The van der Waals surface area contributed by atoms with Gasteiger partial charge in [-0.05, 0) is 18.6 Å². The molecule has 1 aromatic rings. The van der Waals surface area contributed by atoms with E-state index in [4.69, 9.17) is 5.11 Å². The van der Waals surface area contributed by atoms with Crippen LogP contribution < -0.4 is 9.96 Å². The van der Waals surface area contributed by atoms with Gasteiger partial charge in [0.15, 0.2) is 0 Å². The Hall–Kier alpha value is -1.14.